The van der Waals surface area contributed by atoms with E-state index in [1.807, 2.05) is 0 Å². The molecule has 3 nitrogen and oxygen atoms in total. The van der Waals surface area contributed by atoms with E-state index in [9.17, 15) is 5.41 Å². The molecule has 0 heterocycles. The van der Waals surface area contributed by atoms with E-state index in [1.165, 1.54) is 44.5 Å². The molecule has 4 aromatic rings. The van der Waals surface area contributed by atoms with Crippen molar-refractivity contribution >= 4 is 5.96 Å². The van der Waals surface area contributed by atoms with Gasteiger partial charge in [0.1, 0.15) is 0 Å². The Kier molecular flexibility index (Phi) is 8.22. The lowest BCUT2D eigenvalue weighted by Gasteiger charge is -2.35. The van der Waals surface area contributed by atoms with Gasteiger partial charge in [-0.25, -0.2) is 0 Å². The summed E-state index contributed by atoms with van der Waals surface area (Å²) in [6.07, 6.45) is 0. The summed E-state index contributed by atoms with van der Waals surface area (Å²) in [7, 11) is 0. The highest BCUT2D eigenvalue weighted by molar-refractivity contribution is 5.77. The van der Waals surface area contributed by atoms with E-state index < -0.39 is 0 Å². The summed E-state index contributed by atoms with van der Waals surface area (Å²) < 4.78 is 0. The minimum Gasteiger partial charge on any atom is -0.334 e. The van der Waals surface area contributed by atoms with Gasteiger partial charge in [0.05, 0.1) is 0 Å². The Bertz CT molecular complexity index is 1130. The fourth-order valence-corrected chi connectivity index (χ4v) is 4.58. The normalized spacial score (nSPS) is 10.8. The minimum absolute atomic E-state index is 0.549. The van der Waals surface area contributed by atoms with Gasteiger partial charge < -0.3 is 9.80 Å². The summed E-state index contributed by atoms with van der Waals surface area (Å²) in [4.78, 5) is 4.45. The Balaban J connectivity index is 1.71. The standard InChI is InChI=1S/C33H37N3/c1-25-13-5-9-17-29(25)21-35(22-30-18-10-6-14-26(30)2)33(34)36(23-31-19-11-7-15-27(31)3)24-32-20-12-8-16-28(32)4/h5-20,34H,21-24H2,1-4H3. The summed E-state index contributed by atoms with van der Waals surface area (Å²) >= 11 is 0. The van der Waals surface area contributed by atoms with Crippen molar-refractivity contribution < 1.29 is 0 Å². The molecule has 184 valence electrons. The number of hydrogen-bond acceptors (Lipinski definition) is 1. The Morgan fingerprint density at radius 2 is 0.667 bits per heavy atom. The molecule has 4 aromatic carbocycles. The van der Waals surface area contributed by atoms with Gasteiger partial charge >= 0.3 is 0 Å². The number of nitrogens with one attached hydrogen (secondary N) is 1. The summed E-state index contributed by atoms with van der Waals surface area (Å²) in [6, 6.07) is 34.1. The first-order valence-electron chi connectivity index (χ1n) is 12.7. The summed E-state index contributed by atoms with van der Waals surface area (Å²) in [5.74, 6) is 0.549. The fourth-order valence-electron chi connectivity index (χ4n) is 4.58. The number of guanidine groups is 1. The van der Waals surface area contributed by atoms with Crippen molar-refractivity contribution in [2.24, 2.45) is 0 Å². The van der Waals surface area contributed by atoms with Crippen molar-refractivity contribution in [3.8, 4) is 0 Å². The lowest BCUT2D eigenvalue weighted by molar-refractivity contribution is 0.290. The first-order valence-corrected chi connectivity index (χ1v) is 12.7. The van der Waals surface area contributed by atoms with Gasteiger partial charge in [-0.15, -0.1) is 0 Å². The number of benzene rings is 4. The van der Waals surface area contributed by atoms with Gasteiger partial charge in [0, 0.05) is 26.2 Å². The highest BCUT2D eigenvalue weighted by Crippen LogP contribution is 2.21. The SMILES string of the molecule is Cc1ccccc1CN(Cc1ccccc1C)C(=N)N(Cc1ccccc1C)Cc1ccccc1C. The molecule has 0 aromatic heterocycles. The Hall–Kier alpha value is -3.85. The number of rotatable bonds is 8. The van der Waals surface area contributed by atoms with Crippen LogP contribution in [0.1, 0.15) is 44.5 Å². The maximum absolute atomic E-state index is 9.53. The molecule has 0 amide bonds. The molecule has 1 N–H and O–H groups in total. The molecule has 0 aliphatic carbocycles. The molecule has 0 aliphatic heterocycles. The largest absolute Gasteiger partial charge is 0.334 e. The van der Waals surface area contributed by atoms with Crippen LogP contribution in [0.15, 0.2) is 97.1 Å². The molecule has 0 radical (unpaired) electrons. The number of aryl methyl sites for hydroxylation is 4. The van der Waals surface area contributed by atoms with E-state index in [-0.39, 0.29) is 0 Å². The molecule has 4 rings (SSSR count). The van der Waals surface area contributed by atoms with Crippen LogP contribution >= 0.6 is 0 Å². The Labute approximate surface area is 216 Å². The summed E-state index contributed by atoms with van der Waals surface area (Å²) in [5.41, 5.74) is 10.0. The zero-order chi connectivity index (χ0) is 25.5. The summed E-state index contributed by atoms with van der Waals surface area (Å²) in [5, 5.41) is 9.53. The van der Waals surface area contributed by atoms with Crippen LogP contribution in [-0.2, 0) is 26.2 Å². The van der Waals surface area contributed by atoms with Gasteiger partial charge in [-0.05, 0) is 72.2 Å². The van der Waals surface area contributed by atoms with Crippen molar-refractivity contribution in [2.75, 3.05) is 0 Å². The lowest BCUT2D eigenvalue weighted by Crippen LogP contribution is -2.42. The predicted octanol–water partition coefficient (Wildman–Crippen LogP) is 7.56. The van der Waals surface area contributed by atoms with Crippen LogP contribution in [0.25, 0.3) is 0 Å². The van der Waals surface area contributed by atoms with Crippen LogP contribution < -0.4 is 0 Å². The smallest absolute Gasteiger partial charge is 0.194 e. The van der Waals surface area contributed by atoms with Crippen molar-refractivity contribution in [3.63, 3.8) is 0 Å². The number of nitrogens with zero attached hydrogens (tertiary/aromatic N) is 2. The van der Waals surface area contributed by atoms with Gasteiger partial charge in [-0.3, -0.25) is 5.41 Å². The topological polar surface area (TPSA) is 30.3 Å². The zero-order valence-corrected chi connectivity index (χ0v) is 22.0. The van der Waals surface area contributed by atoms with Crippen molar-refractivity contribution in [3.05, 3.63) is 142 Å². The second kappa shape index (κ2) is 11.7. The van der Waals surface area contributed by atoms with E-state index in [0.717, 1.165) is 0 Å². The minimum atomic E-state index is 0.549. The molecule has 3 heteroatoms. The lowest BCUT2D eigenvalue weighted by atomic mass is 10.1. The molecule has 0 fully saturated rings. The quantitative estimate of drug-likeness (QED) is 0.210. The Morgan fingerprint density at radius 3 is 0.889 bits per heavy atom. The first kappa shape index (κ1) is 25.2. The van der Waals surface area contributed by atoms with Crippen LogP contribution in [-0.4, -0.2) is 15.8 Å². The van der Waals surface area contributed by atoms with E-state index in [0.29, 0.717) is 32.1 Å². The van der Waals surface area contributed by atoms with Gasteiger partial charge in [-0.1, -0.05) is 97.1 Å². The monoisotopic (exact) mass is 475 g/mol. The van der Waals surface area contributed by atoms with Crippen LogP contribution in [0.3, 0.4) is 0 Å². The average molecular weight is 476 g/mol. The fraction of sp³-hybridized carbons (Fsp3) is 0.242. The molecule has 0 saturated carbocycles. The van der Waals surface area contributed by atoms with E-state index in [2.05, 4.69) is 135 Å². The van der Waals surface area contributed by atoms with Crippen LogP contribution in [0.5, 0.6) is 0 Å². The van der Waals surface area contributed by atoms with Gasteiger partial charge in [-0.2, -0.15) is 0 Å². The molecule has 0 saturated heterocycles. The summed E-state index contributed by atoms with van der Waals surface area (Å²) in [6.45, 7) is 11.4. The molecular weight excluding hydrogens is 438 g/mol. The molecule has 36 heavy (non-hydrogen) atoms. The molecule has 0 spiro atoms. The van der Waals surface area contributed by atoms with Crippen LogP contribution in [0.4, 0.5) is 0 Å². The third kappa shape index (κ3) is 6.23. The van der Waals surface area contributed by atoms with Crippen molar-refractivity contribution in [1.82, 2.24) is 9.80 Å². The average Bonchev–Trinajstić information content (AvgIpc) is 2.88. The Morgan fingerprint density at radius 1 is 0.444 bits per heavy atom. The number of hydrogen-bond donors (Lipinski definition) is 1. The maximum Gasteiger partial charge on any atom is 0.194 e. The maximum atomic E-state index is 9.53. The van der Waals surface area contributed by atoms with Gasteiger partial charge in [0.15, 0.2) is 5.96 Å². The third-order valence-electron chi connectivity index (χ3n) is 7.09. The molecule has 0 aliphatic rings. The second-order valence-corrected chi connectivity index (χ2v) is 9.74. The van der Waals surface area contributed by atoms with Crippen molar-refractivity contribution in [1.29, 1.82) is 5.41 Å². The molecule has 0 bridgehead atoms. The first-order chi connectivity index (χ1) is 17.4. The van der Waals surface area contributed by atoms with Gasteiger partial charge in [0.2, 0.25) is 0 Å². The third-order valence-corrected chi connectivity index (χ3v) is 7.09. The van der Waals surface area contributed by atoms with E-state index in [4.69, 9.17) is 0 Å². The molecule has 0 unspecified atom stereocenters. The predicted molar refractivity (Wildman–Crippen MR) is 151 cm³/mol. The van der Waals surface area contributed by atoms with Crippen LogP contribution in [0, 0.1) is 33.1 Å². The van der Waals surface area contributed by atoms with E-state index >= 15 is 0 Å². The van der Waals surface area contributed by atoms with Crippen molar-refractivity contribution in [2.45, 2.75) is 53.9 Å². The molecular formula is C33H37N3. The van der Waals surface area contributed by atoms with E-state index in [1.54, 1.807) is 0 Å². The second-order valence-electron chi connectivity index (χ2n) is 9.74. The zero-order valence-electron chi connectivity index (χ0n) is 22.0. The highest BCUT2D eigenvalue weighted by atomic mass is 15.4. The van der Waals surface area contributed by atoms with Gasteiger partial charge in [0.25, 0.3) is 0 Å². The highest BCUT2D eigenvalue weighted by Gasteiger charge is 2.21. The molecule has 0 atom stereocenters. The van der Waals surface area contributed by atoms with Crippen LogP contribution in [0.2, 0.25) is 0 Å².